The highest BCUT2D eigenvalue weighted by Crippen LogP contribution is 2.20. The SMILES string of the molecule is Cc1cn(N=Cc2c(O)cccc2I)c(N)n1. The number of aryl methyl sites for hydroxylation is 1. The highest BCUT2D eigenvalue weighted by atomic mass is 127. The summed E-state index contributed by atoms with van der Waals surface area (Å²) in [7, 11) is 0. The van der Waals surface area contributed by atoms with E-state index in [9.17, 15) is 5.11 Å². The van der Waals surface area contributed by atoms with Gasteiger partial charge in [-0.2, -0.15) is 5.10 Å². The number of aromatic nitrogens is 2. The number of halogens is 1. The van der Waals surface area contributed by atoms with Gasteiger partial charge in [0.15, 0.2) is 0 Å². The van der Waals surface area contributed by atoms with E-state index >= 15 is 0 Å². The molecule has 2 aromatic rings. The van der Waals surface area contributed by atoms with Gasteiger partial charge in [0.05, 0.1) is 18.1 Å². The van der Waals surface area contributed by atoms with E-state index in [0.29, 0.717) is 11.5 Å². The Labute approximate surface area is 112 Å². The summed E-state index contributed by atoms with van der Waals surface area (Å²) in [6, 6.07) is 5.29. The van der Waals surface area contributed by atoms with Crippen LogP contribution in [0.4, 0.5) is 5.95 Å². The van der Waals surface area contributed by atoms with Crippen LogP contribution in [0, 0.1) is 10.5 Å². The highest BCUT2D eigenvalue weighted by Gasteiger charge is 2.03. The molecule has 2 rings (SSSR count). The Bertz CT molecular complexity index is 557. The maximum Gasteiger partial charge on any atom is 0.221 e. The second-order valence-electron chi connectivity index (χ2n) is 3.50. The fraction of sp³-hybridized carbons (Fsp3) is 0.0909. The number of phenols is 1. The maximum absolute atomic E-state index is 9.69. The molecule has 88 valence electrons. The molecule has 0 unspecified atom stereocenters. The summed E-state index contributed by atoms with van der Waals surface area (Å²) >= 11 is 2.14. The van der Waals surface area contributed by atoms with Gasteiger partial charge in [-0.1, -0.05) is 6.07 Å². The summed E-state index contributed by atoms with van der Waals surface area (Å²) in [5, 5.41) is 13.8. The van der Waals surface area contributed by atoms with Crippen molar-refractivity contribution in [2.75, 3.05) is 5.73 Å². The largest absolute Gasteiger partial charge is 0.507 e. The van der Waals surface area contributed by atoms with E-state index in [1.807, 2.05) is 13.0 Å². The van der Waals surface area contributed by atoms with E-state index in [1.165, 1.54) is 4.68 Å². The number of phenolic OH excluding ortho intramolecular Hbond substituents is 1. The van der Waals surface area contributed by atoms with Crippen molar-refractivity contribution in [3.8, 4) is 5.75 Å². The van der Waals surface area contributed by atoms with Crippen molar-refractivity contribution in [2.24, 2.45) is 5.10 Å². The minimum absolute atomic E-state index is 0.191. The van der Waals surface area contributed by atoms with Gasteiger partial charge in [-0.3, -0.25) is 0 Å². The van der Waals surface area contributed by atoms with Crippen LogP contribution in [0.3, 0.4) is 0 Å². The highest BCUT2D eigenvalue weighted by molar-refractivity contribution is 14.1. The molecular formula is C11H11IN4O. The van der Waals surface area contributed by atoms with Gasteiger partial charge in [0.2, 0.25) is 5.95 Å². The lowest BCUT2D eigenvalue weighted by Gasteiger charge is -2.01. The summed E-state index contributed by atoms with van der Waals surface area (Å²) in [5.41, 5.74) is 7.12. The average molecular weight is 342 g/mol. The third kappa shape index (κ3) is 2.57. The second kappa shape index (κ2) is 4.74. The predicted octanol–water partition coefficient (Wildman–Crippen LogP) is 1.97. The van der Waals surface area contributed by atoms with Crippen LogP contribution in [0.5, 0.6) is 5.75 Å². The van der Waals surface area contributed by atoms with Gasteiger partial charge in [-0.25, -0.2) is 9.66 Å². The predicted molar refractivity (Wildman–Crippen MR) is 75.2 cm³/mol. The van der Waals surface area contributed by atoms with Crippen LogP contribution in [0.2, 0.25) is 0 Å². The zero-order valence-electron chi connectivity index (χ0n) is 9.13. The summed E-state index contributed by atoms with van der Waals surface area (Å²) in [5.74, 6) is 0.514. The number of imidazole rings is 1. The average Bonchev–Trinajstić information content (AvgIpc) is 2.57. The third-order valence-electron chi connectivity index (χ3n) is 2.18. The zero-order valence-corrected chi connectivity index (χ0v) is 11.3. The molecule has 0 atom stereocenters. The number of rotatable bonds is 2. The molecule has 5 nitrogen and oxygen atoms in total. The number of anilines is 1. The Balaban J connectivity index is 2.35. The third-order valence-corrected chi connectivity index (χ3v) is 3.12. The number of nitrogens with two attached hydrogens (primary N) is 1. The van der Waals surface area contributed by atoms with Crippen LogP contribution in [-0.4, -0.2) is 21.0 Å². The standard InChI is InChI=1S/C11H11IN4O/c1-7-6-16(11(13)15-7)14-5-8-9(12)3-2-4-10(8)17/h2-6,17H,1H3,(H2,13,15). The lowest BCUT2D eigenvalue weighted by molar-refractivity contribution is 0.474. The van der Waals surface area contributed by atoms with Crippen molar-refractivity contribution in [2.45, 2.75) is 6.92 Å². The van der Waals surface area contributed by atoms with E-state index in [1.54, 1.807) is 24.5 Å². The molecule has 3 N–H and O–H groups in total. The molecule has 17 heavy (non-hydrogen) atoms. The molecule has 0 aliphatic heterocycles. The first-order chi connectivity index (χ1) is 8.08. The van der Waals surface area contributed by atoms with Crippen molar-refractivity contribution in [3.63, 3.8) is 0 Å². The van der Waals surface area contributed by atoms with Crippen molar-refractivity contribution in [1.29, 1.82) is 0 Å². The molecular weight excluding hydrogens is 331 g/mol. The molecule has 0 aliphatic carbocycles. The smallest absolute Gasteiger partial charge is 0.221 e. The first kappa shape index (κ1) is 11.9. The first-order valence-electron chi connectivity index (χ1n) is 4.91. The molecule has 0 spiro atoms. The van der Waals surface area contributed by atoms with Gasteiger partial charge in [0.1, 0.15) is 5.75 Å². The normalized spacial score (nSPS) is 11.2. The van der Waals surface area contributed by atoms with E-state index < -0.39 is 0 Å². The Morgan fingerprint density at radius 1 is 1.53 bits per heavy atom. The fourth-order valence-corrected chi connectivity index (χ4v) is 1.99. The minimum Gasteiger partial charge on any atom is -0.507 e. The van der Waals surface area contributed by atoms with Crippen LogP contribution in [-0.2, 0) is 0 Å². The Hall–Kier alpha value is -1.57. The Morgan fingerprint density at radius 3 is 2.88 bits per heavy atom. The van der Waals surface area contributed by atoms with Gasteiger partial charge < -0.3 is 10.8 Å². The molecule has 0 saturated heterocycles. The summed E-state index contributed by atoms with van der Waals surface area (Å²) in [4.78, 5) is 4.03. The molecule has 1 heterocycles. The summed E-state index contributed by atoms with van der Waals surface area (Å²) in [6.07, 6.45) is 3.28. The van der Waals surface area contributed by atoms with E-state index in [2.05, 4.69) is 32.7 Å². The van der Waals surface area contributed by atoms with Gasteiger partial charge in [0.25, 0.3) is 0 Å². The van der Waals surface area contributed by atoms with Crippen molar-refractivity contribution in [1.82, 2.24) is 9.66 Å². The number of nitrogen functional groups attached to an aromatic ring is 1. The van der Waals surface area contributed by atoms with Crippen molar-refractivity contribution in [3.05, 3.63) is 39.2 Å². The van der Waals surface area contributed by atoms with Gasteiger partial charge >= 0.3 is 0 Å². The number of nitrogens with zero attached hydrogens (tertiary/aromatic N) is 3. The lowest BCUT2D eigenvalue weighted by Crippen LogP contribution is -1.97. The quantitative estimate of drug-likeness (QED) is 0.647. The van der Waals surface area contributed by atoms with E-state index in [-0.39, 0.29) is 5.75 Å². The number of benzene rings is 1. The van der Waals surface area contributed by atoms with Crippen LogP contribution in [0.25, 0.3) is 0 Å². The molecule has 6 heteroatoms. The Morgan fingerprint density at radius 2 is 2.29 bits per heavy atom. The lowest BCUT2D eigenvalue weighted by atomic mass is 10.2. The molecule has 0 aliphatic rings. The topological polar surface area (TPSA) is 76.4 Å². The molecule has 0 saturated carbocycles. The summed E-state index contributed by atoms with van der Waals surface area (Å²) in [6.45, 7) is 1.84. The summed E-state index contributed by atoms with van der Waals surface area (Å²) < 4.78 is 2.39. The molecule has 0 radical (unpaired) electrons. The van der Waals surface area contributed by atoms with Gasteiger partial charge in [-0.05, 0) is 41.6 Å². The maximum atomic E-state index is 9.69. The van der Waals surface area contributed by atoms with E-state index in [0.717, 1.165) is 9.26 Å². The van der Waals surface area contributed by atoms with Gasteiger partial charge in [-0.15, -0.1) is 0 Å². The van der Waals surface area contributed by atoms with E-state index in [4.69, 9.17) is 5.73 Å². The molecule has 0 fully saturated rings. The van der Waals surface area contributed by atoms with Crippen LogP contribution in [0.15, 0.2) is 29.5 Å². The fourth-order valence-electron chi connectivity index (χ4n) is 1.37. The second-order valence-corrected chi connectivity index (χ2v) is 4.66. The monoisotopic (exact) mass is 342 g/mol. The van der Waals surface area contributed by atoms with Crippen molar-refractivity contribution < 1.29 is 5.11 Å². The first-order valence-corrected chi connectivity index (χ1v) is 5.99. The number of aromatic hydroxyl groups is 1. The zero-order chi connectivity index (χ0) is 12.4. The van der Waals surface area contributed by atoms with Crippen LogP contribution >= 0.6 is 22.6 Å². The Kier molecular flexibility index (Phi) is 3.32. The van der Waals surface area contributed by atoms with Crippen molar-refractivity contribution >= 4 is 34.8 Å². The number of hydrogen-bond acceptors (Lipinski definition) is 4. The molecule has 1 aromatic heterocycles. The molecule has 1 aromatic carbocycles. The molecule has 0 bridgehead atoms. The van der Waals surface area contributed by atoms with Crippen LogP contribution in [0.1, 0.15) is 11.3 Å². The van der Waals surface area contributed by atoms with Crippen LogP contribution < -0.4 is 5.73 Å². The van der Waals surface area contributed by atoms with Gasteiger partial charge in [0, 0.05) is 9.13 Å². The minimum atomic E-state index is 0.191. The molecule has 0 amide bonds. The number of hydrogen-bond donors (Lipinski definition) is 2.